The Morgan fingerprint density at radius 3 is 2.28 bits per heavy atom. The molecule has 6 heteroatoms. The van der Waals surface area contributed by atoms with Gasteiger partial charge in [-0.3, -0.25) is 4.79 Å². The number of amides is 1. The minimum Gasteiger partial charge on any atom is -0.486 e. The van der Waals surface area contributed by atoms with Crippen molar-refractivity contribution in [2.45, 2.75) is 20.8 Å². The zero-order valence-electron chi connectivity index (χ0n) is 16.7. The average Bonchev–Trinajstić information content (AvgIpc) is 2.71. The molecule has 1 amide bonds. The van der Waals surface area contributed by atoms with Crippen molar-refractivity contribution in [1.82, 2.24) is 4.98 Å². The maximum absolute atomic E-state index is 12.6. The van der Waals surface area contributed by atoms with Crippen LogP contribution in [0.5, 0.6) is 11.5 Å². The van der Waals surface area contributed by atoms with E-state index in [1.165, 1.54) is 5.56 Å². The average molecular weight is 389 g/mol. The molecule has 6 nitrogen and oxygen atoms in total. The highest BCUT2D eigenvalue weighted by atomic mass is 16.6. The molecule has 2 heterocycles. The predicted molar refractivity (Wildman–Crippen MR) is 114 cm³/mol. The Bertz CT molecular complexity index is 1040. The molecule has 0 bridgehead atoms. The Morgan fingerprint density at radius 1 is 0.897 bits per heavy atom. The van der Waals surface area contributed by atoms with E-state index < -0.39 is 0 Å². The van der Waals surface area contributed by atoms with Crippen LogP contribution in [-0.4, -0.2) is 24.1 Å². The van der Waals surface area contributed by atoms with Crippen molar-refractivity contribution in [2.24, 2.45) is 0 Å². The monoisotopic (exact) mass is 389 g/mol. The van der Waals surface area contributed by atoms with Crippen LogP contribution in [0, 0.1) is 20.8 Å². The van der Waals surface area contributed by atoms with Crippen LogP contribution in [0.4, 0.5) is 17.1 Å². The number of rotatable bonds is 4. The fourth-order valence-electron chi connectivity index (χ4n) is 3.44. The van der Waals surface area contributed by atoms with E-state index in [0.717, 1.165) is 33.9 Å². The van der Waals surface area contributed by atoms with Crippen LogP contribution in [0.1, 0.15) is 27.2 Å². The standard InChI is InChI=1S/C23H23N3O3/c1-14-10-15(2)22(16(3)11-14)26-23(27)19-6-4-18(13-24-19)25-17-5-7-20-21(12-17)29-9-8-28-20/h4-7,10-13,25H,8-9H2,1-3H3,(H,26,27). The highest BCUT2D eigenvalue weighted by Crippen LogP contribution is 2.33. The highest BCUT2D eigenvalue weighted by molar-refractivity contribution is 6.03. The van der Waals surface area contributed by atoms with Crippen molar-refractivity contribution in [3.05, 3.63) is 71.0 Å². The topological polar surface area (TPSA) is 72.5 Å². The molecule has 0 radical (unpaired) electrons. The predicted octanol–water partition coefficient (Wildman–Crippen LogP) is 4.77. The molecule has 148 valence electrons. The number of nitrogens with zero attached hydrogens (tertiary/aromatic N) is 1. The second kappa shape index (κ2) is 7.83. The molecule has 0 spiro atoms. The van der Waals surface area contributed by atoms with E-state index in [9.17, 15) is 4.79 Å². The molecule has 0 fully saturated rings. The zero-order chi connectivity index (χ0) is 20.4. The number of benzene rings is 2. The van der Waals surface area contributed by atoms with Crippen LogP contribution in [0.25, 0.3) is 0 Å². The first-order chi connectivity index (χ1) is 14.0. The second-order valence-corrected chi connectivity index (χ2v) is 7.14. The van der Waals surface area contributed by atoms with Crippen molar-refractivity contribution < 1.29 is 14.3 Å². The summed E-state index contributed by atoms with van der Waals surface area (Å²) in [5.41, 5.74) is 6.07. The zero-order valence-corrected chi connectivity index (χ0v) is 16.7. The molecule has 0 saturated carbocycles. The molecule has 1 aliphatic heterocycles. The van der Waals surface area contributed by atoms with Crippen LogP contribution in [-0.2, 0) is 0 Å². The van der Waals surface area contributed by atoms with Crippen molar-refractivity contribution in [1.29, 1.82) is 0 Å². The van der Waals surface area contributed by atoms with Crippen LogP contribution >= 0.6 is 0 Å². The lowest BCUT2D eigenvalue weighted by atomic mass is 10.0. The first-order valence-corrected chi connectivity index (χ1v) is 9.51. The summed E-state index contributed by atoms with van der Waals surface area (Å²) in [5, 5.41) is 6.24. The van der Waals surface area contributed by atoms with Gasteiger partial charge in [0.15, 0.2) is 11.5 Å². The summed E-state index contributed by atoms with van der Waals surface area (Å²) in [7, 11) is 0. The number of ether oxygens (including phenoxy) is 2. The summed E-state index contributed by atoms with van der Waals surface area (Å²) in [5.74, 6) is 1.23. The number of anilines is 3. The molecule has 4 rings (SSSR count). The van der Waals surface area contributed by atoms with Crippen LogP contribution < -0.4 is 20.1 Å². The third kappa shape index (κ3) is 4.16. The third-order valence-electron chi connectivity index (χ3n) is 4.74. The normalized spacial score (nSPS) is 12.4. The van der Waals surface area contributed by atoms with E-state index in [1.807, 2.05) is 45.0 Å². The number of aromatic nitrogens is 1. The summed E-state index contributed by atoms with van der Waals surface area (Å²) in [4.78, 5) is 16.9. The minimum absolute atomic E-state index is 0.231. The molecule has 2 aromatic carbocycles. The van der Waals surface area contributed by atoms with Crippen molar-refractivity contribution in [3.63, 3.8) is 0 Å². The fourth-order valence-corrected chi connectivity index (χ4v) is 3.44. The molecule has 29 heavy (non-hydrogen) atoms. The van der Waals surface area contributed by atoms with E-state index in [0.29, 0.717) is 24.7 Å². The SMILES string of the molecule is Cc1cc(C)c(NC(=O)c2ccc(Nc3ccc4c(c3)OCCO4)cn2)c(C)c1. The largest absolute Gasteiger partial charge is 0.486 e. The lowest BCUT2D eigenvalue weighted by molar-refractivity contribution is 0.102. The van der Waals surface area contributed by atoms with Gasteiger partial charge in [0.1, 0.15) is 18.9 Å². The number of hydrogen-bond acceptors (Lipinski definition) is 5. The van der Waals surface area contributed by atoms with Gasteiger partial charge in [-0.15, -0.1) is 0 Å². The molecule has 0 saturated heterocycles. The fraction of sp³-hybridized carbons (Fsp3) is 0.217. The smallest absolute Gasteiger partial charge is 0.274 e. The van der Waals surface area contributed by atoms with Gasteiger partial charge in [-0.2, -0.15) is 0 Å². The highest BCUT2D eigenvalue weighted by Gasteiger charge is 2.13. The van der Waals surface area contributed by atoms with Gasteiger partial charge in [-0.05, 0) is 56.2 Å². The number of carbonyl (C=O) groups is 1. The van der Waals surface area contributed by atoms with Gasteiger partial charge in [-0.1, -0.05) is 17.7 Å². The van der Waals surface area contributed by atoms with Crippen molar-refractivity contribution in [3.8, 4) is 11.5 Å². The Balaban J connectivity index is 1.46. The Kier molecular flexibility index (Phi) is 5.08. The first kappa shape index (κ1) is 18.8. The molecule has 2 N–H and O–H groups in total. The second-order valence-electron chi connectivity index (χ2n) is 7.14. The molecule has 0 aliphatic carbocycles. The van der Waals surface area contributed by atoms with Crippen LogP contribution in [0.15, 0.2) is 48.7 Å². The molecule has 0 unspecified atom stereocenters. The van der Waals surface area contributed by atoms with Gasteiger partial charge in [0.05, 0.1) is 11.9 Å². The van der Waals surface area contributed by atoms with Gasteiger partial charge in [-0.25, -0.2) is 4.98 Å². The number of hydrogen-bond donors (Lipinski definition) is 2. The number of carbonyl (C=O) groups excluding carboxylic acids is 1. The number of nitrogens with one attached hydrogen (secondary N) is 2. The number of fused-ring (bicyclic) bond motifs is 1. The van der Waals surface area contributed by atoms with Crippen LogP contribution in [0.3, 0.4) is 0 Å². The lowest BCUT2D eigenvalue weighted by Crippen LogP contribution is -2.15. The molecule has 1 aliphatic rings. The molecular weight excluding hydrogens is 366 g/mol. The molecule has 0 atom stereocenters. The quantitative estimate of drug-likeness (QED) is 0.672. The van der Waals surface area contributed by atoms with Crippen molar-refractivity contribution in [2.75, 3.05) is 23.8 Å². The molecule has 3 aromatic rings. The Morgan fingerprint density at radius 2 is 1.59 bits per heavy atom. The summed E-state index contributed by atoms with van der Waals surface area (Å²) in [6.07, 6.45) is 1.64. The molecular formula is C23H23N3O3. The van der Waals surface area contributed by atoms with Gasteiger partial charge in [0.25, 0.3) is 5.91 Å². The van der Waals surface area contributed by atoms with E-state index in [4.69, 9.17) is 9.47 Å². The Hall–Kier alpha value is -3.54. The summed E-state index contributed by atoms with van der Waals surface area (Å²) in [6.45, 7) is 7.13. The maximum Gasteiger partial charge on any atom is 0.274 e. The minimum atomic E-state index is -0.231. The summed E-state index contributed by atoms with van der Waals surface area (Å²) in [6, 6.07) is 13.3. The summed E-state index contributed by atoms with van der Waals surface area (Å²) >= 11 is 0. The van der Waals surface area contributed by atoms with Crippen LogP contribution in [0.2, 0.25) is 0 Å². The van der Waals surface area contributed by atoms with E-state index in [-0.39, 0.29) is 5.91 Å². The van der Waals surface area contributed by atoms with E-state index in [2.05, 4.69) is 27.8 Å². The molecule has 1 aromatic heterocycles. The Labute approximate surface area is 169 Å². The van der Waals surface area contributed by atoms with E-state index >= 15 is 0 Å². The third-order valence-corrected chi connectivity index (χ3v) is 4.74. The van der Waals surface area contributed by atoms with Gasteiger partial charge in [0, 0.05) is 17.4 Å². The van der Waals surface area contributed by atoms with Gasteiger partial charge >= 0.3 is 0 Å². The maximum atomic E-state index is 12.6. The summed E-state index contributed by atoms with van der Waals surface area (Å²) < 4.78 is 11.1. The van der Waals surface area contributed by atoms with Gasteiger partial charge in [0.2, 0.25) is 0 Å². The van der Waals surface area contributed by atoms with Gasteiger partial charge < -0.3 is 20.1 Å². The van der Waals surface area contributed by atoms with Crippen molar-refractivity contribution >= 4 is 23.0 Å². The number of aryl methyl sites for hydroxylation is 3. The van der Waals surface area contributed by atoms with E-state index in [1.54, 1.807) is 12.3 Å². The number of pyridine rings is 1. The lowest BCUT2D eigenvalue weighted by Gasteiger charge is -2.19. The first-order valence-electron chi connectivity index (χ1n) is 9.51.